The highest BCUT2D eigenvalue weighted by atomic mass is 32.1. The Morgan fingerprint density at radius 3 is 2.91 bits per heavy atom. The molecule has 3 aromatic rings. The minimum atomic E-state index is -0.458. The number of amides is 1. The van der Waals surface area contributed by atoms with E-state index in [1.54, 1.807) is 14.0 Å². The van der Waals surface area contributed by atoms with Crippen LogP contribution in [0.4, 0.5) is 5.13 Å². The summed E-state index contributed by atoms with van der Waals surface area (Å²) in [7, 11) is 1.57. The maximum atomic E-state index is 12.5. The van der Waals surface area contributed by atoms with E-state index in [-0.39, 0.29) is 22.2 Å². The smallest absolute Gasteiger partial charge is 0.265 e. The van der Waals surface area contributed by atoms with Gasteiger partial charge in [-0.3, -0.25) is 14.9 Å². The van der Waals surface area contributed by atoms with Crippen molar-refractivity contribution < 1.29 is 9.21 Å². The van der Waals surface area contributed by atoms with Crippen molar-refractivity contribution in [3.63, 3.8) is 0 Å². The molecule has 0 atom stereocenters. The Morgan fingerprint density at radius 1 is 1.45 bits per heavy atom. The van der Waals surface area contributed by atoms with Crippen LogP contribution in [0.1, 0.15) is 28.0 Å². The Hall–Kier alpha value is -2.55. The maximum absolute atomic E-state index is 12.5. The first-order valence-corrected chi connectivity index (χ1v) is 7.41. The van der Waals surface area contributed by atoms with Crippen LogP contribution < -0.4 is 10.9 Å². The number of carbonyl (C=O) groups excluding carboxylic acids is 1. The number of hydrogen-bond acceptors (Lipinski definition) is 7. The molecular weight excluding hydrogens is 306 g/mol. The van der Waals surface area contributed by atoms with Gasteiger partial charge in [0.15, 0.2) is 0 Å². The topological polar surface area (TPSA) is 103 Å². The van der Waals surface area contributed by atoms with Crippen LogP contribution in [0.3, 0.4) is 0 Å². The molecule has 1 amide bonds. The zero-order valence-electron chi connectivity index (χ0n) is 12.2. The average molecular weight is 319 g/mol. The number of aromatic nitrogens is 4. The summed E-state index contributed by atoms with van der Waals surface area (Å²) in [6, 6.07) is 0. The van der Waals surface area contributed by atoms with Gasteiger partial charge in [0, 0.05) is 7.05 Å². The lowest BCUT2D eigenvalue weighted by Crippen LogP contribution is -2.20. The van der Waals surface area contributed by atoms with E-state index in [2.05, 4.69) is 20.5 Å². The van der Waals surface area contributed by atoms with E-state index in [1.165, 1.54) is 22.2 Å². The van der Waals surface area contributed by atoms with Gasteiger partial charge in [-0.1, -0.05) is 18.3 Å². The van der Waals surface area contributed by atoms with Crippen LogP contribution in [0.25, 0.3) is 11.1 Å². The highest BCUT2D eigenvalue weighted by Gasteiger charge is 2.23. The van der Waals surface area contributed by atoms with Crippen LogP contribution in [-0.2, 0) is 13.5 Å². The second-order valence-corrected chi connectivity index (χ2v) is 5.74. The number of rotatable bonds is 3. The summed E-state index contributed by atoms with van der Waals surface area (Å²) in [6.07, 6.45) is 2.10. The Labute approximate surface area is 128 Å². The molecule has 0 fully saturated rings. The van der Waals surface area contributed by atoms with Crippen molar-refractivity contribution in [2.24, 2.45) is 7.05 Å². The fourth-order valence-corrected chi connectivity index (χ4v) is 2.74. The lowest BCUT2D eigenvalue weighted by atomic mass is 10.2. The number of anilines is 1. The summed E-state index contributed by atoms with van der Waals surface area (Å²) in [4.78, 5) is 28.7. The SMILES string of the molecule is CCc1nnc(NC(=O)c2c(C)oc3ncn(C)c(=O)c23)s1. The predicted octanol–water partition coefficient (Wildman–Crippen LogP) is 1.50. The van der Waals surface area contributed by atoms with E-state index >= 15 is 0 Å². The minimum absolute atomic E-state index is 0.150. The highest BCUT2D eigenvalue weighted by Crippen LogP contribution is 2.23. The second kappa shape index (κ2) is 5.34. The van der Waals surface area contributed by atoms with Gasteiger partial charge in [-0.25, -0.2) is 4.98 Å². The highest BCUT2D eigenvalue weighted by molar-refractivity contribution is 7.15. The normalized spacial score (nSPS) is 11.0. The Morgan fingerprint density at radius 2 is 2.23 bits per heavy atom. The number of fused-ring (bicyclic) bond motifs is 1. The molecule has 0 aliphatic carbocycles. The van der Waals surface area contributed by atoms with E-state index in [4.69, 9.17) is 4.42 Å². The van der Waals surface area contributed by atoms with E-state index < -0.39 is 5.91 Å². The van der Waals surface area contributed by atoms with Crippen molar-refractivity contribution in [2.75, 3.05) is 5.32 Å². The van der Waals surface area contributed by atoms with Crippen LogP contribution >= 0.6 is 11.3 Å². The predicted molar refractivity (Wildman–Crippen MR) is 81.2 cm³/mol. The van der Waals surface area contributed by atoms with E-state index in [0.717, 1.165) is 11.4 Å². The maximum Gasteiger partial charge on any atom is 0.265 e. The summed E-state index contributed by atoms with van der Waals surface area (Å²) in [6.45, 7) is 3.57. The van der Waals surface area contributed by atoms with Gasteiger partial charge in [0.25, 0.3) is 11.5 Å². The molecule has 3 rings (SSSR count). The van der Waals surface area contributed by atoms with Crippen molar-refractivity contribution in [3.8, 4) is 0 Å². The molecule has 0 aliphatic rings. The van der Waals surface area contributed by atoms with Crippen molar-refractivity contribution in [1.82, 2.24) is 19.7 Å². The number of aryl methyl sites for hydroxylation is 3. The molecule has 0 saturated heterocycles. The van der Waals surface area contributed by atoms with Crippen molar-refractivity contribution in [2.45, 2.75) is 20.3 Å². The summed E-state index contributed by atoms with van der Waals surface area (Å²) in [5.41, 5.74) is -0.00674. The third-order valence-corrected chi connectivity index (χ3v) is 4.15. The molecule has 114 valence electrons. The largest absolute Gasteiger partial charge is 0.442 e. The summed E-state index contributed by atoms with van der Waals surface area (Å²) in [5, 5.41) is 11.9. The molecule has 1 N–H and O–H groups in total. The van der Waals surface area contributed by atoms with Crippen molar-refractivity contribution in [1.29, 1.82) is 0 Å². The van der Waals surface area contributed by atoms with Crippen molar-refractivity contribution >= 4 is 33.5 Å². The van der Waals surface area contributed by atoms with E-state index in [0.29, 0.717) is 10.9 Å². The first-order valence-electron chi connectivity index (χ1n) is 6.59. The van der Waals surface area contributed by atoms with Gasteiger partial charge in [-0.15, -0.1) is 10.2 Å². The summed E-state index contributed by atoms with van der Waals surface area (Å²) in [5.74, 6) is -0.122. The number of nitrogens with zero attached hydrogens (tertiary/aromatic N) is 4. The molecule has 0 spiro atoms. The van der Waals surface area contributed by atoms with Gasteiger partial charge in [-0.2, -0.15) is 0 Å². The zero-order chi connectivity index (χ0) is 15.9. The molecular formula is C13H13N5O3S. The lowest BCUT2D eigenvalue weighted by Gasteiger charge is -2.00. The van der Waals surface area contributed by atoms with Gasteiger partial charge in [-0.05, 0) is 13.3 Å². The van der Waals surface area contributed by atoms with Crippen molar-refractivity contribution in [3.05, 3.63) is 33.0 Å². The molecule has 0 radical (unpaired) electrons. The standard InChI is InChI=1S/C13H13N5O3S/c1-4-7-16-17-13(22-7)15-10(19)8-6(2)21-11-9(8)12(20)18(3)5-14-11/h5H,4H2,1-3H3,(H,15,17,19). The van der Waals surface area contributed by atoms with Crippen LogP contribution in [0, 0.1) is 6.92 Å². The molecule has 0 aliphatic heterocycles. The molecule has 0 unspecified atom stereocenters. The molecule has 9 heteroatoms. The number of nitrogens with one attached hydrogen (secondary N) is 1. The molecule has 8 nitrogen and oxygen atoms in total. The molecule has 0 aromatic carbocycles. The molecule has 22 heavy (non-hydrogen) atoms. The average Bonchev–Trinajstić information content (AvgIpc) is 3.07. The molecule has 3 aromatic heterocycles. The number of furan rings is 1. The van der Waals surface area contributed by atoms with Gasteiger partial charge in [0.1, 0.15) is 22.5 Å². The van der Waals surface area contributed by atoms with Crippen LogP contribution in [0.5, 0.6) is 0 Å². The Bertz CT molecular complexity index is 924. The zero-order valence-corrected chi connectivity index (χ0v) is 13.0. The molecule has 3 heterocycles. The van der Waals surface area contributed by atoms with Crippen LogP contribution in [-0.4, -0.2) is 25.7 Å². The number of carbonyl (C=O) groups is 1. The summed E-state index contributed by atoms with van der Waals surface area (Å²) < 4.78 is 6.70. The van der Waals surface area contributed by atoms with Gasteiger partial charge in [0.05, 0.1) is 5.56 Å². The fourth-order valence-electron chi connectivity index (χ4n) is 2.07. The van der Waals surface area contributed by atoms with E-state index in [1.807, 2.05) is 6.92 Å². The Balaban J connectivity index is 2.05. The monoisotopic (exact) mass is 319 g/mol. The van der Waals surface area contributed by atoms with Gasteiger partial charge >= 0.3 is 0 Å². The van der Waals surface area contributed by atoms with Crippen LogP contribution in [0.15, 0.2) is 15.5 Å². The fraction of sp³-hybridized carbons (Fsp3) is 0.308. The third-order valence-electron chi connectivity index (χ3n) is 3.16. The van der Waals surface area contributed by atoms with Gasteiger partial charge in [0.2, 0.25) is 10.8 Å². The van der Waals surface area contributed by atoms with Gasteiger partial charge < -0.3 is 8.98 Å². The quantitative estimate of drug-likeness (QED) is 0.784. The second-order valence-electron chi connectivity index (χ2n) is 4.68. The van der Waals surface area contributed by atoms with E-state index in [9.17, 15) is 9.59 Å². The third kappa shape index (κ3) is 2.29. The first kappa shape index (κ1) is 14.4. The Kier molecular flexibility index (Phi) is 3.49. The summed E-state index contributed by atoms with van der Waals surface area (Å²) >= 11 is 1.29. The van der Waals surface area contributed by atoms with Crippen LogP contribution in [0.2, 0.25) is 0 Å². The first-order chi connectivity index (χ1) is 10.5. The number of hydrogen-bond donors (Lipinski definition) is 1. The molecule has 0 bridgehead atoms. The minimum Gasteiger partial charge on any atom is -0.442 e. The molecule has 0 saturated carbocycles. The lowest BCUT2D eigenvalue weighted by molar-refractivity contribution is 0.102.